The van der Waals surface area contributed by atoms with Gasteiger partial charge in [-0.25, -0.2) is 9.79 Å². The number of carbonyl (C=O) groups is 1. The van der Waals surface area contributed by atoms with Gasteiger partial charge in [-0.1, -0.05) is 51.5 Å². The normalized spacial score (nSPS) is 14.4. The molecule has 222 valence electrons. The number of esters is 1. The van der Waals surface area contributed by atoms with Crippen molar-refractivity contribution in [2.24, 2.45) is 4.99 Å². The van der Waals surface area contributed by atoms with E-state index < -0.39 is 12.0 Å². The number of aromatic nitrogens is 1. The molecule has 0 N–H and O–H groups in total. The maximum atomic E-state index is 13.9. The molecule has 0 amide bonds. The van der Waals surface area contributed by atoms with Crippen molar-refractivity contribution in [3.8, 4) is 17.2 Å². The summed E-state index contributed by atoms with van der Waals surface area (Å²) < 4.78 is 26.3. The molecule has 8 nitrogen and oxygen atoms in total. The van der Waals surface area contributed by atoms with Gasteiger partial charge >= 0.3 is 5.97 Å². The molecule has 3 aromatic carbocycles. The molecular weight excluding hydrogens is 700 g/mol. The smallest absolute Gasteiger partial charge is 0.337 e. The lowest BCUT2D eigenvalue weighted by atomic mass is 9.97. The van der Waals surface area contributed by atoms with Crippen molar-refractivity contribution in [3.05, 3.63) is 118 Å². The maximum absolute atomic E-state index is 13.9. The second kappa shape index (κ2) is 13.7. The summed E-state index contributed by atoms with van der Waals surface area (Å²) in [6.45, 7) is 5.09. The van der Waals surface area contributed by atoms with Crippen LogP contribution in [0, 0.1) is 0 Å². The summed E-state index contributed by atoms with van der Waals surface area (Å²) >= 11 is 8.28. The second-order valence-corrected chi connectivity index (χ2v) is 12.1. The number of thiazole rings is 1. The molecule has 1 aromatic heterocycles. The minimum Gasteiger partial charge on any atom is -0.490 e. The van der Waals surface area contributed by atoms with E-state index in [1.807, 2.05) is 62.4 Å². The number of hydrogen-bond donors (Lipinski definition) is 0. The summed E-state index contributed by atoms with van der Waals surface area (Å²) in [7, 11) is 1.30. The second-order valence-electron chi connectivity index (χ2n) is 9.35. The van der Waals surface area contributed by atoms with E-state index in [4.69, 9.17) is 18.9 Å². The van der Waals surface area contributed by atoms with Gasteiger partial charge in [0.1, 0.15) is 12.4 Å². The Kier molecular flexibility index (Phi) is 9.84. The lowest BCUT2D eigenvalue weighted by Gasteiger charge is -2.23. The third-order valence-corrected chi connectivity index (χ3v) is 8.71. The lowest BCUT2D eigenvalue weighted by molar-refractivity contribution is -0.136. The number of methoxy groups -OCH3 is 1. The van der Waals surface area contributed by atoms with E-state index in [-0.39, 0.29) is 11.1 Å². The first-order valence-electron chi connectivity index (χ1n) is 13.5. The molecule has 0 saturated carbocycles. The Morgan fingerprint density at radius 1 is 0.953 bits per heavy atom. The van der Waals surface area contributed by atoms with Crippen molar-refractivity contribution in [2.45, 2.75) is 26.5 Å². The molecule has 4 aromatic rings. The van der Waals surface area contributed by atoms with Crippen LogP contribution in [0.1, 0.15) is 36.6 Å². The summed E-state index contributed by atoms with van der Waals surface area (Å²) in [6.07, 6.45) is 3.27. The number of benzene rings is 3. The topological polar surface area (TPSA) is 88.4 Å². The van der Waals surface area contributed by atoms with Crippen LogP contribution in [0.5, 0.6) is 17.2 Å². The summed E-state index contributed by atoms with van der Waals surface area (Å²) in [6, 6.07) is 18.2. The number of fused-ring (bicyclic) bond motifs is 1. The molecule has 0 unspecified atom stereocenters. The Balaban J connectivity index is 1.51. The minimum atomic E-state index is -0.762. The fourth-order valence-corrected chi connectivity index (χ4v) is 6.35. The highest BCUT2D eigenvalue weighted by Crippen LogP contribution is 2.35. The number of halogens is 2. The van der Waals surface area contributed by atoms with E-state index in [0.717, 1.165) is 20.1 Å². The van der Waals surface area contributed by atoms with E-state index in [2.05, 4.69) is 36.9 Å². The lowest BCUT2D eigenvalue weighted by Crippen LogP contribution is -2.39. The van der Waals surface area contributed by atoms with Crippen molar-refractivity contribution >= 4 is 55.2 Å². The van der Waals surface area contributed by atoms with E-state index in [1.54, 1.807) is 18.2 Å². The SMILES string of the molecule is CCOc1ccc([C@@H]2C(C(=O)OC)=CN=c3s/c(=C\c4ccc(OCc5ccc(Br)cc5)c(Br)c4)c(=O)n32)cc1OCC. The highest BCUT2D eigenvalue weighted by atomic mass is 79.9. The first-order valence-corrected chi connectivity index (χ1v) is 15.9. The van der Waals surface area contributed by atoms with Gasteiger partial charge in [0.2, 0.25) is 0 Å². The van der Waals surface area contributed by atoms with Crippen molar-refractivity contribution in [1.82, 2.24) is 4.57 Å². The third kappa shape index (κ3) is 6.79. The molecular formula is C32H28Br2N2O6S. The van der Waals surface area contributed by atoms with Gasteiger partial charge in [0.15, 0.2) is 16.3 Å². The van der Waals surface area contributed by atoms with E-state index in [1.165, 1.54) is 29.2 Å². The van der Waals surface area contributed by atoms with Gasteiger partial charge in [0.25, 0.3) is 5.56 Å². The molecule has 1 aliphatic rings. The Morgan fingerprint density at radius 2 is 1.67 bits per heavy atom. The Hall–Kier alpha value is -3.67. The molecule has 2 heterocycles. The first kappa shape index (κ1) is 30.8. The fourth-order valence-electron chi connectivity index (χ4n) is 4.60. The van der Waals surface area contributed by atoms with Gasteiger partial charge in [-0.3, -0.25) is 9.36 Å². The van der Waals surface area contributed by atoms with Crippen LogP contribution < -0.4 is 29.1 Å². The fraction of sp³-hybridized carbons (Fsp3) is 0.219. The molecule has 0 fully saturated rings. The molecule has 43 heavy (non-hydrogen) atoms. The zero-order chi connectivity index (χ0) is 30.5. The molecule has 5 rings (SSSR count). The average Bonchev–Trinajstić information content (AvgIpc) is 3.32. The molecule has 0 radical (unpaired) electrons. The highest BCUT2D eigenvalue weighted by Gasteiger charge is 2.31. The van der Waals surface area contributed by atoms with Crippen molar-refractivity contribution < 1.29 is 23.7 Å². The zero-order valence-corrected chi connectivity index (χ0v) is 27.6. The standard InChI is InChI=1S/C32H28Br2N2O6S/c1-4-40-26-13-9-21(16-27(26)41-5-2)29-23(31(38)39-3)17-35-32-36(29)30(37)28(43-32)15-20-8-12-25(24(34)14-20)42-18-19-6-10-22(33)11-7-19/h6-17,29H,4-5,18H2,1-3H3/b28-15-/t29-/m1/s1. The summed E-state index contributed by atoms with van der Waals surface area (Å²) in [5.41, 5.74) is 2.48. The van der Waals surface area contributed by atoms with E-state index >= 15 is 0 Å². The van der Waals surface area contributed by atoms with Crippen LogP contribution in [0.4, 0.5) is 0 Å². The number of ether oxygens (including phenoxy) is 4. The third-order valence-electron chi connectivity index (χ3n) is 6.57. The quantitative estimate of drug-likeness (QED) is 0.189. The van der Waals surface area contributed by atoms with E-state index in [0.29, 0.717) is 52.0 Å². The van der Waals surface area contributed by atoms with Crippen molar-refractivity contribution in [2.75, 3.05) is 20.3 Å². The Bertz CT molecular complexity index is 1860. The molecule has 0 aliphatic carbocycles. The van der Waals surface area contributed by atoms with Gasteiger partial charge in [-0.15, -0.1) is 0 Å². The molecule has 11 heteroatoms. The molecule has 1 atom stereocenters. The zero-order valence-electron chi connectivity index (χ0n) is 23.6. The van der Waals surface area contributed by atoms with Gasteiger partial charge in [-0.2, -0.15) is 0 Å². The summed E-state index contributed by atoms with van der Waals surface area (Å²) in [5.74, 6) is 1.22. The molecule has 0 bridgehead atoms. The van der Waals surface area contributed by atoms with Crippen molar-refractivity contribution in [1.29, 1.82) is 0 Å². The van der Waals surface area contributed by atoms with Gasteiger partial charge in [0, 0.05) is 10.7 Å². The maximum Gasteiger partial charge on any atom is 0.337 e. The predicted octanol–water partition coefficient (Wildman–Crippen LogP) is 5.92. The van der Waals surface area contributed by atoms with E-state index in [9.17, 15) is 9.59 Å². The molecule has 0 spiro atoms. The number of carbonyl (C=O) groups excluding carboxylic acids is 1. The molecule has 0 saturated heterocycles. The Morgan fingerprint density at radius 3 is 2.37 bits per heavy atom. The number of hydrogen-bond acceptors (Lipinski definition) is 8. The van der Waals surface area contributed by atoms with Crippen molar-refractivity contribution in [3.63, 3.8) is 0 Å². The summed E-state index contributed by atoms with van der Waals surface area (Å²) in [4.78, 5) is 31.6. The summed E-state index contributed by atoms with van der Waals surface area (Å²) in [5, 5.41) is 0. The van der Waals surface area contributed by atoms with Crippen LogP contribution in [-0.4, -0.2) is 30.9 Å². The van der Waals surface area contributed by atoms with Crippen LogP contribution in [0.3, 0.4) is 0 Å². The van der Waals surface area contributed by atoms with Crippen LogP contribution >= 0.6 is 43.2 Å². The van der Waals surface area contributed by atoms with Crippen LogP contribution in [0.2, 0.25) is 0 Å². The largest absolute Gasteiger partial charge is 0.490 e. The highest BCUT2D eigenvalue weighted by molar-refractivity contribution is 9.10. The monoisotopic (exact) mass is 726 g/mol. The van der Waals surface area contributed by atoms with Crippen LogP contribution in [-0.2, 0) is 16.1 Å². The van der Waals surface area contributed by atoms with Gasteiger partial charge in [0.05, 0.1) is 40.9 Å². The first-order chi connectivity index (χ1) is 20.8. The van der Waals surface area contributed by atoms with Crippen LogP contribution in [0.15, 0.2) is 91.2 Å². The van der Waals surface area contributed by atoms with Gasteiger partial charge < -0.3 is 18.9 Å². The Labute approximate surface area is 269 Å². The molecule has 1 aliphatic heterocycles. The predicted molar refractivity (Wildman–Crippen MR) is 173 cm³/mol. The number of rotatable bonds is 10. The average molecular weight is 728 g/mol. The minimum absolute atomic E-state index is 0.239. The number of nitrogens with zero attached hydrogens (tertiary/aromatic N) is 2. The van der Waals surface area contributed by atoms with Crippen LogP contribution in [0.25, 0.3) is 6.08 Å². The van der Waals surface area contributed by atoms with Gasteiger partial charge in [-0.05, 0) is 88.9 Å².